The van der Waals surface area contributed by atoms with Gasteiger partial charge in [0.05, 0.1) is 17.5 Å². The van der Waals surface area contributed by atoms with Gasteiger partial charge in [-0.1, -0.05) is 18.2 Å². The Morgan fingerprint density at radius 2 is 1.87 bits per heavy atom. The lowest BCUT2D eigenvalue weighted by Crippen LogP contribution is -2.30. The molecule has 0 spiro atoms. The van der Waals surface area contributed by atoms with Crippen LogP contribution in [-0.2, 0) is 20.7 Å². The van der Waals surface area contributed by atoms with Crippen LogP contribution in [0.25, 0.3) is 10.8 Å². The Bertz CT molecular complexity index is 1170. The third-order valence-corrected chi connectivity index (χ3v) is 4.57. The fourth-order valence-electron chi connectivity index (χ4n) is 3.10. The normalized spacial score (nSPS) is 13.5. The van der Waals surface area contributed by atoms with Gasteiger partial charge in [-0.3, -0.25) is 14.4 Å². The number of benzene rings is 2. The second-order valence-electron chi connectivity index (χ2n) is 6.70. The van der Waals surface area contributed by atoms with E-state index in [-0.39, 0.29) is 12.0 Å². The van der Waals surface area contributed by atoms with Gasteiger partial charge in [-0.25, -0.2) is 5.10 Å². The Morgan fingerprint density at radius 3 is 2.67 bits per heavy atom. The number of carbonyl (C=O) groups excluding carboxylic acids is 2. The van der Waals surface area contributed by atoms with Crippen LogP contribution in [0.15, 0.2) is 47.3 Å². The quantitative estimate of drug-likeness (QED) is 0.617. The van der Waals surface area contributed by atoms with Crippen molar-refractivity contribution in [2.24, 2.45) is 0 Å². The zero-order valence-corrected chi connectivity index (χ0v) is 16.1. The van der Waals surface area contributed by atoms with E-state index in [0.29, 0.717) is 46.9 Å². The van der Waals surface area contributed by atoms with Crippen LogP contribution < -0.4 is 20.3 Å². The molecule has 0 fully saturated rings. The summed E-state index contributed by atoms with van der Waals surface area (Å²) in [7, 11) is 0. The van der Waals surface area contributed by atoms with Gasteiger partial charge in [-0.2, -0.15) is 5.10 Å². The molecule has 30 heavy (non-hydrogen) atoms. The summed E-state index contributed by atoms with van der Waals surface area (Å²) in [4.78, 5) is 36.6. The minimum absolute atomic E-state index is 0.182. The zero-order valence-electron chi connectivity index (χ0n) is 16.1. The highest BCUT2D eigenvalue weighted by Gasteiger charge is 2.21. The first-order chi connectivity index (χ1) is 14.5. The van der Waals surface area contributed by atoms with Crippen molar-refractivity contribution < 1.29 is 23.8 Å². The number of esters is 1. The third-order valence-electron chi connectivity index (χ3n) is 4.57. The summed E-state index contributed by atoms with van der Waals surface area (Å²) in [6.45, 7) is 2.39. The van der Waals surface area contributed by atoms with Gasteiger partial charge < -0.3 is 19.5 Å². The van der Waals surface area contributed by atoms with E-state index in [4.69, 9.17) is 14.2 Å². The summed E-state index contributed by atoms with van der Waals surface area (Å²) in [6, 6.07) is 11.9. The van der Waals surface area contributed by atoms with Crippen LogP contribution in [0.4, 0.5) is 5.69 Å². The zero-order chi connectivity index (χ0) is 21.1. The largest absolute Gasteiger partial charge is 0.486 e. The molecule has 0 aliphatic carbocycles. The molecule has 4 rings (SSSR count). The van der Waals surface area contributed by atoms with Crippen LogP contribution in [0.1, 0.15) is 12.6 Å². The summed E-state index contributed by atoms with van der Waals surface area (Å²) in [5.41, 5.74) is 0.532. The van der Waals surface area contributed by atoms with Gasteiger partial charge in [-0.15, -0.1) is 0 Å². The molecule has 1 amide bonds. The number of aromatic amines is 1. The van der Waals surface area contributed by atoms with E-state index >= 15 is 0 Å². The number of hydrogen-bond donors (Lipinski definition) is 2. The predicted molar refractivity (Wildman–Crippen MR) is 108 cm³/mol. The van der Waals surface area contributed by atoms with E-state index in [1.54, 1.807) is 42.5 Å². The lowest BCUT2D eigenvalue weighted by Gasteiger charge is -2.19. The van der Waals surface area contributed by atoms with Crippen molar-refractivity contribution in [1.29, 1.82) is 0 Å². The Labute approximate surface area is 171 Å². The monoisotopic (exact) mass is 409 g/mol. The maximum absolute atomic E-state index is 12.4. The van der Waals surface area contributed by atoms with Crippen LogP contribution in [0.5, 0.6) is 11.5 Å². The first-order valence-electron chi connectivity index (χ1n) is 9.37. The summed E-state index contributed by atoms with van der Waals surface area (Å²) >= 11 is 0. The Morgan fingerprint density at radius 1 is 1.13 bits per heavy atom. The van der Waals surface area contributed by atoms with Crippen LogP contribution in [0, 0.1) is 0 Å². The van der Waals surface area contributed by atoms with Gasteiger partial charge in [0.1, 0.15) is 13.2 Å². The first kappa shape index (κ1) is 19.4. The second kappa shape index (κ2) is 8.24. The highest BCUT2D eigenvalue weighted by molar-refractivity contribution is 5.95. The number of rotatable bonds is 5. The number of aromatic nitrogens is 2. The van der Waals surface area contributed by atoms with Crippen molar-refractivity contribution in [2.75, 3.05) is 18.5 Å². The van der Waals surface area contributed by atoms with Gasteiger partial charge in [0, 0.05) is 17.1 Å². The number of amides is 1. The molecule has 1 aromatic heterocycles. The molecule has 2 N–H and O–H groups in total. The number of H-pyrrole nitrogens is 1. The molecule has 1 aliphatic rings. The molecule has 0 bridgehead atoms. The van der Waals surface area contributed by atoms with Gasteiger partial charge in [0.15, 0.2) is 17.6 Å². The number of nitrogens with one attached hydrogen (secondary N) is 2. The van der Waals surface area contributed by atoms with Crippen molar-refractivity contribution in [3.05, 3.63) is 58.5 Å². The van der Waals surface area contributed by atoms with E-state index in [9.17, 15) is 14.4 Å². The smallest absolute Gasteiger partial charge is 0.312 e. The fourth-order valence-corrected chi connectivity index (χ4v) is 3.10. The highest BCUT2D eigenvalue weighted by Crippen LogP contribution is 2.32. The van der Waals surface area contributed by atoms with E-state index in [0.717, 1.165) is 0 Å². The van der Waals surface area contributed by atoms with E-state index in [1.165, 1.54) is 6.92 Å². The first-order valence-corrected chi connectivity index (χ1v) is 9.37. The van der Waals surface area contributed by atoms with Gasteiger partial charge in [-0.05, 0) is 25.1 Å². The Balaban J connectivity index is 1.39. The molecule has 0 unspecified atom stereocenters. The number of nitrogens with zero attached hydrogens (tertiary/aromatic N) is 1. The minimum atomic E-state index is -1.03. The average molecular weight is 409 g/mol. The van der Waals surface area contributed by atoms with Crippen LogP contribution in [-0.4, -0.2) is 41.4 Å². The molecule has 0 radical (unpaired) electrons. The molecule has 1 atom stereocenters. The topological polar surface area (TPSA) is 120 Å². The third kappa shape index (κ3) is 4.09. The molecular formula is C21H19N3O6. The maximum Gasteiger partial charge on any atom is 0.312 e. The highest BCUT2D eigenvalue weighted by atomic mass is 16.6. The molecule has 3 aromatic rings. The average Bonchev–Trinajstić information content (AvgIpc) is 2.75. The molecule has 0 saturated heterocycles. The maximum atomic E-state index is 12.4. The Kier molecular flexibility index (Phi) is 5.34. The number of hydrogen-bond acceptors (Lipinski definition) is 7. The molecule has 1 aliphatic heterocycles. The van der Waals surface area contributed by atoms with E-state index in [2.05, 4.69) is 15.5 Å². The predicted octanol–water partition coefficient (Wildman–Crippen LogP) is 1.81. The lowest BCUT2D eigenvalue weighted by atomic mass is 10.1. The minimum Gasteiger partial charge on any atom is -0.486 e. The van der Waals surface area contributed by atoms with E-state index < -0.39 is 18.0 Å². The standard InChI is InChI=1S/C21H19N3O6/c1-12(20(26)22-13-6-7-17-18(10-13)29-9-8-28-17)30-19(25)11-16-14-4-2-3-5-15(14)21(27)24-23-16/h2-7,10,12H,8-9,11H2,1H3,(H,22,26)(H,24,27)/t12-/m0/s1. The van der Waals surface area contributed by atoms with Crippen LogP contribution in [0.2, 0.25) is 0 Å². The number of ether oxygens (including phenoxy) is 3. The lowest BCUT2D eigenvalue weighted by molar-refractivity contribution is -0.152. The Hall–Kier alpha value is -3.88. The van der Waals surface area contributed by atoms with Crippen molar-refractivity contribution in [1.82, 2.24) is 10.2 Å². The SMILES string of the molecule is C[C@H](OC(=O)Cc1n[nH]c(=O)c2ccccc12)C(=O)Nc1ccc2c(c1)OCCO2. The number of carbonyl (C=O) groups is 2. The summed E-state index contributed by atoms with van der Waals surface area (Å²) in [5, 5.41) is 9.98. The number of fused-ring (bicyclic) bond motifs is 2. The van der Waals surface area contributed by atoms with Crippen molar-refractivity contribution in [3.8, 4) is 11.5 Å². The van der Waals surface area contributed by atoms with Crippen molar-refractivity contribution in [2.45, 2.75) is 19.4 Å². The molecule has 0 saturated carbocycles. The molecule has 154 valence electrons. The van der Waals surface area contributed by atoms with E-state index in [1.807, 2.05) is 0 Å². The molecule has 2 heterocycles. The molecule has 9 nitrogen and oxygen atoms in total. The van der Waals surface area contributed by atoms with Crippen molar-refractivity contribution in [3.63, 3.8) is 0 Å². The summed E-state index contributed by atoms with van der Waals surface area (Å²) < 4.78 is 16.2. The summed E-state index contributed by atoms with van der Waals surface area (Å²) in [6.07, 6.45) is -1.21. The fraction of sp³-hybridized carbons (Fsp3) is 0.238. The molecule has 2 aromatic carbocycles. The molecular weight excluding hydrogens is 390 g/mol. The second-order valence-corrected chi connectivity index (χ2v) is 6.70. The van der Waals surface area contributed by atoms with Crippen LogP contribution >= 0.6 is 0 Å². The number of anilines is 1. The van der Waals surface area contributed by atoms with Gasteiger partial charge in [0.2, 0.25) is 0 Å². The van der Waals surface area contributed by atoms with Crippen LogP contribution in [0.3, 0.4) is 0 Å². The molecule has 9 heteroatoms. The summed E-state index contributed by atoms with van der Waals surface area (Å²) in [5.74, 6) is 0.0305. The van der Waals surface area contributed by atoms with Crippen molar-refractivity contribution >= 4 is 28.3 Å². The van der Waals surface area contributed by atoms with Gasteiger partial charge >= 0.3 is 5.97 Å². The van der Waals surface area contributed by atoms with Gasteiger partial charge in [0.25, 0.3) is 11.5 Å².